The summed E-state index contributed by atoms with van der Waals surface area (Å²) >= 11 is 6.19. The summed E-state index contributed by atoms with van der Waals surface area (Å²) < 4.78 is 51.1. The molecule has 2 aromatic carbocycles. The number of benzene rings is 2. The van der Waals surface area contributed by atoms with Gasteiger partial charge in [0, 0.05) is 46.8 Å². The molecular weight excluding hydrogens is 495 g/mol. The zero-order valence-electron chi connectivity index (χ0n) is 19.4. The number of nitrogens with one attached hydrogen (secondary N) is 1. The van der Waals surface area contributed by atoms with Crippen LogP contribution in [0.15, 0.2) is 47.3 Å². The summed E-state index contributed by atoms with van der Waals surface area (Å²) in [6.45, 7) is -0.265. The highest BCUT2D eigenvalue weighted by molar-refractivity contribution is 6.31. The quantitative estimate of drug-likeness (QED) is 0.479. The molecule has 0 radical (unpaired) electrons. The molecule has 10 heteroatoms. The summed E-state index contributed by atoms with van der Waals surface area (Å²) in [6, 6.07) is 12.8. The van der Waals surface area contributed by atoms with E-state index >= 15 is 0 Å². The van der Waals surface area contributed by atoms with Gasteiger partial charge in [-0.3, -0.25) is 14.3 Å². The number of rotatable bonds is 5. The maximum atomic E-state index is 13.1. The molecule has 2 unspecified atom stereocenters. The van der Waals surface area contributed by atoms with Crippen molar-refractivity contribution in [2.24, 2.45) is 0 Å². The Morgan fingerprint density at radius 3 is 2.50 bits per heavy atom. The fraction of sp³-hybridized carbons (Fsp3) is 0.423. The smallest absolute Gasteiger partial charge is 0.406 e. The Balaban J connectivity index is 1.22. The molecule has 36 heavy (non-hydrogen) atoms. The van der Waals surface area contributed by atoms with Gasteiger partial charge in [-0.15, -0.1) is 0 Å². The molecule has 3 aliphatic heterocycles. The first-order valence-corrected chi connectivity index (χ1v) is 12.4. The number of halogens is 4. The van der Waals surface area contributed by atoms with Crippen LogP contribution >= 0.6 is 11.6 Å². The van der Waals surface area contributed by atoms with E-state index in [1.807, 2.05) is 12.1 Å². The van der Waals surface area contributed by atoms with E-state index in [-0.39, 0.29) is 18.4 Å². The predicted molar refractivity (Wildman–Crippen MR) is 131 cm³/mol. The maximum Gasteiger partial charge on any atom is 0.406 e. The van der Waals surface area contributed by atoms with Crippen molar-refractivity contribution in [3.05, 3.63) is 63.4 Å². The van der Waals surface area contributed by atoms with Crippen molar-refractivity contribution in [1.29, 1.82) is 0 Å². The van der Waals surface area contributed by atoms with Crippen LogP contribution in [-0.2, 0) is 13.1 Å². The van der Waals surface area contributed by atoms with Crippen LogP contribution in [0.3, 0.4) is 0 Å². The van der Waals surface area contributed by atoms with Gasteiger partial charge in [0.1, 0.15) is 6.54 Å². The number of aromatic nitrogens is 1. The fourth-order valence-corrected chi connectivity index (χ4v) is 6.11. The van der Waals surface area contributed by atoms with Crippen LogP contribution in [0.1, 0.15) is 31.2 Å². The zero-order valence-corrected chi connectivity index (χ0v) is 20.1. The third-order valence-electron chi connectivity index (χ3n) is 7.46. The standard InChI is InChI=1S/C26H25ClF3N3O3/c27-16-2-5-22-20(8-16)21(11-25(34)33(22)13-26(28,29)30)31-17-9-18-3-4-19(10-17)32(18)12-15-1-6-23-24(7-15)36-14-35-23/h1-2,5-8,11,17-19,31H,3-4,9-10,12-14H2. The van der Waals surface area contributed by atoms with Gasteiger partial charge in [0.2, 0.25) is 6.79 Å². The number of hydrogen-bond acceptors (Lipinski definition) is 5. The largest absolute Gasteiger partial charge is 0.454 e. The lowest BCUT2D eigenvalue weighted by atomic mass is 9.96. The summed E-state index contributed by atoms with van der Waals surface area (Å²) in [5.41, 5.74) is 1.24. The molecule has 6 rings (SSSR count). The van der Waals surface area contributed by atoms with Gasteiger partial charge in [0.25, 0.3) is 5.56 Å². The summed E-state index contributed by atoms with van der Waals surface area (Å²) in [6.07, 6.45) is -0.556. The van der Waals surface area contributed by atoms with Crippen molar-refractivity contribution in [3.63, 3.8) is 0 Å². The van der Waals surface area contributed by atoms with Crippen LogP contribution in [0.25, 0.3) is 10.9 Å². The van der Waals surface area contributed by atoms with Gasteiger partial charge in [-0.25, -0.2) is 0 Å². The van der Waals surface area contributed by atoms with E-state index in [1.165, 1.54) is 23.8 Å². The molecule has 0 saturated carbocycles. The molecule has 2 bridgehead atoms. The first kappa shape index (κ1) is 23.5. The predicted octanol–water partition coefficient (Wildman–Crippen LogP) is 5.55. The minimum Gasteiger partial charge on any atom is -0.454 e. The Kier molecular flexibility index (Phi) is 5.80. The Morgan fingerprint density at radius 2 is 1.75 bits per heavy atom. The van der Waals surface area contributed by atoms with E-state index in [0.717, 1.165) is 48.3 Å². The van der Waals surface area contributed by atoms with Gasteiger partial charge in [-0.1, -0.05) is 17.7 Å². The van der Waals surface area contributed by atoms with Gasteiger partial charge in [-0.2, -0.15) is 13.2 Å². The highest BCUT2D eigenvalue weighted by Gasteiger charge is 2.41. The minimum atomic E-state index is -4.50. The fourth-order valence-electron chi connectivity index (χ4n) is 5.94. The van der Waals surface area contributed by atoms with E-state index in [2.05, 4.69) is 16.3 Å². The van der Waals surface area contributed by atoms with E-state index in [0.29, 0.717) is 28.2 Å². The number of anilines is 1. The summed E-state index contributed by atoms with van der Waals surface area (Å²) in [4.78, 5) is 15.2. The number of piperidine rings is 1. The van der Waals surface area contributed by atoms with Crippen molar-refractivity contribution < 1.29 is 22.6 Å². The number of fused-ring (bicyclic) bond motifs is 4. The van der Waals surface area contributed by atoms with Crippen LogP contribution < -0.4 is 20.3 Å². The molecule has 2 saturated heterocycles. The topological polar surface area (TPSA) is 55.7 Å². The van der Waals surface area contributed by atoms with Crippen molar-refractivity contribution >= 4 is 28.2 Å². The number of nitrogens with zero attached hydrogens (tertiary/aromatic N) is 2. The van der Waals surface area contributed by atoms with E-state index in [1.54, 1.807) is 6.07 Å². The van der Waals surface area contributed by atoms with Gasteiger partial charge in [0.05, 0.1) is 5.52 Å². The molecule has 1 N–H and O–H groups in total. The minimum absolute atomic E-state index is 0.107. The van der Waals surface area contributed by atoms with Crippen LogP contribution in [0.5, 0.6) is 11.5 Å². The van der Waals surface area contributed by atoms with Crippen molar-refractivity contribution in [3.8, 4) is 11.5 Å². The highest BCUT2D eigenvalue weighted by atomic mass is 35.5. The van der Waals surface area contributed by atoms with Gasteiger partial charge < -0.3 is 14.8 Å². The van der Waals surface area contributed by atoms with E-state index in [4.69, 9.17) is 21.1 Å². The number of pyridine rings is 1. The van der Waals surface area contributed by atoms with Crippen molar-refractivity contribution in [2.45, 2.75) is 63.1 Å². The molecule has 4 heterocycles. The molecule has 2 fully saturated rings. The third kappa shape index (κ3) is 4.50. The highest BCUT2D eigenvalue weighted by Crippen LogP contribution is 2.40. The van der Waals surface area contributed by atoms with Crippen molar-refractivity contribution in [1.82, 2.24) is 9.47 Å². The third-order valence-corrected chi connectivity index (χ3v) is 7.69. The number of alkyl halides is 3. The molecule has 190 valence electrons. The molecule has 0 aliphatic carbocycles. The molecule has 2 atom stereocenters. The second-order valence-electron chi connectivity index (χ2n) is 9.82. The average Bonchev–Trinajstić information content (AvgIpc) is 3.37. The molecular formula is C26H25ClF3N3O3. The number of hydrogen-bond donors (Lipinski definition) is 1. The molecule has 3 aliphatic rings. The Labute approximate surface area is 210 Å². The second kappa shape index (κ2) is 8.88. The van der Waals surface area contributed by atoms with Crippen LogP contribution in [0.4, 0.5) is 18.9 Å². The summed E-state index contributed by atoms with van der Waals surface area (Å²) in [7, 11) is 0. The molecule has 1 aromatic heterocycles. The Bertz CT molecular complexity index is 1360. The zero-order chi connectivity index (χ0) is 25.0. The van der Waals surface area contributed by atoms with Gasteiger partial charge >= 0.3 is 6.18 Å². The first-order valence-electron chi connectivity index (χ1n) is 12.0. The maximum absolute atomic E-state index is 13.1. The van der Waals surface area contributed by atoms with Gasteiger partial charge in [-0.05, 0) is 61.6 Å². The van der Waals surface area contributed by atoms with Crippen LogP contribution in [-0.4, -0.2) is 40.6 Å². The lowest BCUT2D eigenvalue weighted by Gasteiger charge is -2.39. The van der Waals surface area contributed by atoms with Crippen LogP contribution in [0, 0.1) is 0 Å². The lowest BCUT2D eigenvalue weighted by Crippen LogP contribution is -2.46. The van der Waals surface area contributed by atoms with Gasteiger partial charge in [0.15, 0.2) is 11.5 Å². The van der Waals surface area contributed by atoms with Crippen LogP contribution in [0.2, 0.25) is 5.02 Å². The molecule has 6 nitrogen and oxygen atoms in total. The monoisotopic (exact) mass is 519 g/mol. The summed E-state index contributed by atoms with van der Waals surface area (Å²) in [5.74, 6) is 1.55. The molecule has 3 aromatic rings. The SMILES string of the molecule is O=c1cc(NC2CC3CCC(C2)N3Cc2ccc3c(c2)OCO3)c2cc(Cl)ccc2n1CC(F)(F)F. The number of ether oxygens (including phenoxy) is 2. The first-order chi connectivity index (χ1) is 17.2. The Hall–Kier alpha value is -2.91. The van der Waals surface area contributed by atoms with E-state index in [9.17, 15) is 18.0 Å². The van der Waals surface area contributed by atoms with E-state index < -0.39 is 18.3 Å². The molecule has 0 amide bonds. The normalized spacial score (nSPS) is 23.4. The second-order valence-corrected chi connectivity index (χ2v) is 10.3. The Morgan fingerprint density at radius 1 is 1.00 bits per heavy atom. The lowest BCUT2D eigenvalue weighted by molar-refractivity contribution is -0.140. The molecule has 0 spiro atoms. The average molecular weight is 520 g/mol. The summed E-state index contributed by atoms with van der Waals surface area (Å²) in [5, 5.41) is 4.40. The van der Waals surface area contributed by atoms with Crippen molar-refractivity contribution in [2.75, 3.05) is 12.1 Å².